The first kappa shape index (κ1) is 12.7. The van der Waals surface area contributed by atoms with Gasteiger partial charge in [0.25, 0.3) is 0 Å². The Morgan fingerprint density at radius 2 is 1.94 bits per heavy atom. The zero-order valence-electron chi connectivity index (χ0n) is 9.52. The molecule has 1 aromatic carbocycles. The molecule has 0 radical (unpaired) electrons. The summed E-state index contributed by atoms with van der Waals surface area (Å²) in [5, 5.41) is 0.349. The quantitative estimate of drug-likeness (QED) is 0.862. The van der Waals surface area contributed by atoms with Crippen LogP contribution in [0.15, 0.2) is 18.2 Å². The van der Waals surface area contributed by atoms with Crippen molar-refractivity contribution in [3.63, 3.8) is 0 Å². The molecular weight excluding hydrogens is 258 g/mol. The summed E-state index contributed by atoms with van der Waals surface area (Å²) >= 11 is 5.79. The van der Waals surface area contributed by atoms with Gasteiger partial charge in [-0.05, 0) is 30.5 Å². The maximum absolute atomic E-state index is 12.2. The summed E-state index contributed by atoms with van der Waals surface area (Å²) in [6.07, 6.45) is 3.60. The first-order valence-electron chi connectivity index (χ1n) is 5.74. The first-order chi connectivity index (χ1) is 7.99. The fraction of sp³-hybridized carbons (Fsp3) is 0.500. The van der Waals surface area contributed by atoms with Crippen molar-refractivity contribution in [3.8, 4) is 0 Å². The second kappa shape index (κ2) is 4.86. The van der Waals surface area contributed by atoms with E-state index in [4.69, 9.17) is 17.3 Å². The van der Waals surface area contributed by atoms with Gasteiger partial charge in [-0.25, -0.2) is 8.42 Å². The molecule has 2 rings (SSSR count). The number of sulfone groups is 1. The summed E-state index contributed by atoms with van der Waals surface area (Å²) in [6.45, 7) is 0. The van der Waals surface area contributed by atoms with E-state index in [1.807, 2.05) is 0 Å². The number of hydrogen-bond acceptors (Lipinski definition) is 3. The van der Waals surface area contributed by atoms with Crippen molar-refractivity contribution in [1.29, 1.82) is 0 Å². The Morgan fingerprint density at radius 1 is 1.29 bits per heavy atom. The molecule has 1 aromatic rings. The molecule has 0 saturated heterocycles. The third-order valence-corrected chi connectivity index (χ3v) is 5.71. The highest BCUT2D eigenvalue weighted by Gasteiger charge is 2.29. The number of nitrogen functional groups attached to an aromatic ring is 1. The first-order valence-corrected chi connectivity index (χ1v) is 7.84. The fourth-order valence-electron chi connectivity index (χ4n) is 2.28. The standard InChI is InChI=1S/C12H16ClNO2S/c13-10-6-5-9(12(14)7-10)8-17(15,16)11-3-1-2-4-11/h5-7,11H,1-4,8,14H2. The maximum Gasteiger partial charge on any atom is 0.157 e. The minimum atomic E-state index is -3.07. The van der Waals surface area contributed by atoms with E-state index in [9.17, 15) is 8.42 Å². The van der Waals surface area contributed by atoms with Gasteiger partial charge < -0.3 is 5.73 Å². The topological polar surface area (TPSA) is 60.2 Å². The Bertz CT molecular complexity index is 507. The number of anilines is 1. The van der Waals surface area contributed by atoms with Gasteiger partial charge in [0, 0.05) is 10.7 Å². The van der Waals surface area contributed by atoms with Crippen molar-refractivity contribution in [3.05, 3.63) is 28.8 Å². The highest BCUT2D eigenvalue weighted by molar-refractivity contribution is 7.91. The number of nitrogens with two attached hydrogens (primary N) is 1. The number of rotatable bonds is 3. The van der Waals surface area contributed by atoms with Crippen LogP contribution in [0.25, 0.3) is 0 Å². The Morgan fingerprint density at radius 3 is 2.53 bits per heavy atom. The van der Waals surface area contributed by atoms with Crippen LogP contribution in [-0.4, -0.2) is 13.7 Å². The van der Waals surface area contributed by atoms with Gasteiger partial charge in [0.05, 0.1) is 11.0 Å². The molecule has 0 aromatic heterocycles. The molecule has 0 atom stereocenters. The van der Waals surface area contributed by atoms with Crippen molar-refractivity contribution < 1.29 is 8.42 Å². The number of halogens is 1. The zero-order valence-corrected chi connectivity index (χ0v) is 11.1. The molecule has 0 unspecified atom stereocenters. The third-order valence-electron chi connectivity index (χ3n) is 3.27. The summed E-state index contributed by atoms with van der Waals surface area (Å²) < 4.78 is 24.3. The minimum Gasteiger partial charge on any atom is -0.398 e. The van der Waals surface area contributed by atoms with E-state index in [1.165, 1.54) is 0 Å². The normalized spacial score (nSPS) is 17.5. The molecule has 0 bridgehead atoms. The van der Waals surface area contributed by atoms with Crippen LogP contribution in [0.3, 0.4) is 0 Å². The lowest BCUT2D eigenvalue weighted by atomic mass is 10.2. The molecular formula is C12H16ClNO2S. The van der Waals surface area contributed by atoms with E-state index in [-0.39, 0.29) is 11.0 Å². The third kappa shape index (κ3) is 2.93. The van der Waals surface area contributed by atoms with Crippen molar-refractivity contribution >= 4 is 27.1 Å². The van der Waals surface area contributed by atoms with Gasteiger partial charge in [0.1, 0.15) is 0 Å². The molecule has 1 aliphatic rings. The van der Waals surface area contributed by atoms with E-state index in [0.29, 0.717) is 16.3 Å². The van der Waals surface area contributed by atoms with Gasteiger partial charge >= 0.3 is 0 Å². The molecule has 5 heteroatoms. The number of benzene rings is 1. The number of hydrogen-bond donors (Lipinski definition) is 1. The maximum atomic E-state index is 12.2. The van der Waals surface area contributed by atoms with E-state index in [1.54, 1.807) is 18.2 Å². The zero-order chi connectivity index (χ0) is 12.5. The van der Waals surface area contributed by atoms with Crippen LogP contribution in [0.4, 0.5) is 5.69 Å². The average molecular weight is 274 g/mol. The highest BCUT2D eigenvalue weighted by atomic mass is 35.5. The van der Waals surface area contributed by atoms with Crippen LogP contribution in [0.1, 0.15) is 31.2 Å². The molecule has 0 spiro atoms. The molecule has 1 fully saturated rings. The molecule has 0 heterocycles. The molecule has 3 nitrogen and oxygen atoms in total. The van der Waals surface area contributed by atoms with Crippen LogP contribution < -0.4 is 5.73 Å². The van der Waals surface area contributed by atoms with Crippen LogP contribution in [0.2, 0.25) is 5.02 Å². The second-order valence-electron chi connectivity index (χ2n) is 4.56. The minimum absolute atomic E-state index is 0.0284. The van der Waals surface area contributed by atoms with Crippen LogP contribution in [0, 0.1) is 0 Å². The molecule has 17 heavy (non-hydrogen) atoms. The van der Waals surface area contributed by atoms with Crippen LogP contribution in [0.5, 0.6) is 0 Å². The van der Waals surface area contributed by atoms with E-state index >= 15 is 0 Å². The lowest BCUT2D eigenvalue weighted by Gasteiger charge is -2.12. The molecule has 1 aliphatic carbocycles. The predicted octanol–water partition coefficient (Wildman–Crippen LogP) is 2.78. The lowest BCUT2D eigenvalue weighted by Crippen LogP contribution is -2.20. The second-order valence-corrected chi connectivity index (χ2v) is 7.27. The fourth-order valence-corrected chi connectivity index (χ4v) is 4.44. The summed E-state index contributed by atoms with van der Waals surface area (Å²) in [6, 6.07) is 4.97. The van der Waals surface area contributed by atoms with Gasteiger partial charge in [-0.3, -0.25) is 0 Å². The highest BCUT2D eigenvalue weighted by Crippen LogP contribution is 2.29. The van der Waals surface area contributed by atoms with E-state index < -0.39 is 9.84 Å². The largest absolute Gasteiger partial charge is 0.398 e. The van der Waals surface area contributed by atoms with Gasteiger partial charge in [0.15, 0.2) is 9.84 Å². The van der Waals surface area contributed by atoms with Crippen molar-refractivity contribution in [1.82, 2.24) is 0 Å². The van der Waals surface area contributed by atoms with Crippen LogP contribution in [-0.2, 0) is 15.6 Å². The van der Waals surface area contributed by atoms with Crippen molar-refractivity contribution in [2.45, 2.75) is 36.7 Å². The smallest absolute Gasteiger partial charge is 0.157 e. The lowest BCUT2D eigenvalue weighted by molar-refractivity contribution is 0.579. The van der Waals surface area contributed by atoms with E-state index in [2.05, 4.69) is 0 Å². The van der Waals surface area contributed by atoms with Crippen molar-refractivity contribution in [2.75, 3.05) is 5.73 Å². The summed E-state index contributed by atoms with van der Waals surface area (Å²) in [5.41, 5.74) is 6.89. The monoisotopic (exact) mass is 273 g/mol. The Kier molecular flexibility index (Phi) is 3.64. The van der Waals surface area contributed by atoms with Gasteiger partial charge in [0.2, 0.25) is 0 Å². The summed E-state index contributed by atoms with van der Waals surface area (Å²) in [5.74, 6) is 0.0284. The Labute approximate surface area is 107 Å². The van der Waals surface area contributed by atoms with Gasteiger partial charge in [-0.15, -0.1) is 0 Å². The Hall–Kier alpha value is -0.740. The average Bonchev–Trinajstić information content (AvgIpc) is 2.76. The summed E-state index contributed by atoms with van der Waals surface area (Å²) in [7, 11) is -3.07. The molecule has 0 amide bonds. The Balaban J connectivity index is 2.19. The van der Waals surface area contributed by atoms with E-state index in [0.717, 1.165) is 25.7 Å². The molecule has 94 valence electrons. The van der Waals surface area contributed by atoms with Gasteiger partial charge in [-0.2, -0.15) is 0 Å². The SMILES string of the molecule is Nc1cc(Cl)ccc1CS(=O)(=O)C1CCCC1. The van der Waals surface area contributed by atoms with Gasteiger partial charge in [-0.1, -0.05) is 30.5 Å². The summed E-state index contributed by atoms with van der Waals surface area (Å²) in [4.78, 5) is 0. The molecule has 2 N–H and O–H groups in total. The molecule has 1 saturated carbocycles. The van der Waals surface area contributed by atoms with Crippen molar-refractivity contribution in [2.24, 2.45) is 0 Å². The molecule has 0 aliphatic heterocycles. The predicted molar refractivity (Wildman–Crippen MR) is 70.7 cm³/mol. The van der Waals surface area contributed by atoms with Crippen LogP contribution >= 0.6 is 11.6 Å².